The highest BCUT2D eigenvalue weighted by Crippen LogP contribution is 2.27. The van der Waals surface area contributed by atoms with Crippen LogP contribution in [0.4, 0.5) is 9.59 Å². The second-order valence-electron chi connectivity index (χ2n) is 20.3. The van der Waals surface area contributed by atoms with Crippen LogP contribution in [0.25, 0.3) is 22.9 Å². The molecule has 3 saturated carbocycles. The summed E-state index contributed by atoms with van der Waals surface area (Å²) < 4.78 is 40.9. The molecule has 6 N–H and O–H groups in total. The minimum Gasteiger partial charge on any atom is -0.497 e. The molecule has 4 heterocycles. The highest BCUT2D eigenvalue weighted by molar-refractivity contribution is 9.10. The summed E-state index contributed by atoms with van der Waals surface area (Å²) in [6.07, 6.45) is 8.36. The number of aromatic carboxylic acids is 1. The van der Waals surface area contributed by atoms with Gasteiger partial charge in [0, 0.05) is 73.2 Å². The zero-order valence-electron chi connectivity index (χ0n) is 45.2. The van der Waals surface area contributed by atoms with Crippen LogP contribution in [0.15, 0.2) is 106 Å². The number of thiocarbonyl (C=S) groups is 1. The van der Waals surface area contributed by atoms with Crippen molar-refractivity contribution < 1.29 is 70.5 Å². The molecule has 3 aliphatic carbocycles. The molecule has 0 spiro atoms. The van der Waals surface area contributed by atoms with E-state index < -0.39 is 29.4 Å². The number of carboxylic acid groups (broad SMARTS) is 1. The van der Waals surface area contributed by atoms with Gasteiger partial charge in [-0.15, -0.1) is 0 Å². The second-order valence-corrected chi connectivity index (χ2v) is 21.8. The molecule has 2 aromatic carbocycles. The van der Waals surface area contributed by atoms with Crippen molar-refractivity contribution in [3.05, 3.63) is 106 Å². The summed E-state index contributed by atoms with van der Waals surface area (Å²) in [6, 6.07) is 14.8. The number of hydrogen-bond donors (Lipinski definition) is 6. The van der Waals surface area contributed by atoms with Gasteiger partial charge in [0.25, 0.3) is 27.3 Å². The third-order valence-corrected chi connectivity index (χ3v) is 12.5. The molecule has 4 aromatic heterocycles. The quantitative estimate of drug-likeness (QED) is 0.0437. The number of amides is 5. The fourth-order valence-corrected chi connectivity index (χ4v) is 8.23. The van der Waals surface area contributed by atoms with Gasteiger partial charge in [0.05, 0.1) is 25.4 Å². The number of rotatable bonds is 14. The monoisotopic (exact) mass is 1270 g/mol. The summed E-state index contributed by atoms with van der Waals surface area (Å²) in [5, 5.41) is 24.8. The molecule has 9 rings (SSSR count). The summed E-state index contributed by atoms with van der Waals surface area (Å²) in [4.78, 5) is 89.9. The first-order chi connectivity index (χ1) is 38.3. The maximum Gasteiger partial charge on any atom is 0.407 e. The predicted octanol–water partition coefficient (Wildman–Crippen LogP) is 9.21. The van der Waals surface area contributed by atoms with Gasteiger partial charge in [-0.05, 0) is 141 Å². The van der Waals surface area contributed by atoms with Crippen LogP contribution in [-0.4, -0.2) is 128 Å². The van der Waals surface area contributed by atoms with Crippen molar-refractivity contribution in [1.29, 1.82) is 0 Å². The second kappa shape index (κ2) is 28.5. The molecular formula is C53H60Br2N10O15S. The van der Waals surface area contributed by atoms with Crippen LogP contribution in [0.1, 0.15) is 122 Å². The number of benzene rings is 2. The van der Waals surface area contributed by atoms with Crippen molar-refractivity contribution >= 4 is 85.1 Å². The number of aliphatic imine (C=N–C) groups is 1. The molecule has 5 amide bonds. The Labute approximate surface area is 486 Å². The van der Waals surface area contributed by atoms with Crippen molar-refractivity contribution in [3.8, 4) is 34.4 Å². The van der Waals surface area contributed by atoms with Gasteiger partial charge in [-0.1, -0.05) is 0 Å². The number of methoxy groups -OCH3 is 2. The topological polar surface area (TPSA) is 336 Å². The number of oxazole rings is 4. The first-order valence-corrected chi connectivity index (χ1v) is 27.0. The number of halogens is 2. The standard InChI is InChI=1S/C20H25N3O5.C16H15N3O3S.C13H18BrN3O4.C4H2BrNO3/c1-20(2,3)28-19(25)22-14-9-13(10-14)21-17(24)16-11-27-18(23-16)12-5-7-15(26-4)8-6-12;1-21-13-4-2-10(3-5-13)16-19-14(8-22-16)15(20)18-12-6-11(7-12)17-9-23;1-13(2,3)21-12(19)16-8-4-7(5-8)15-10(18)9-6-20-11(14)17-9;5-4-6-2(1-9-4)3(7)8/h5-8,11,13-14H,9-10H2,1-4H3,(H,21,24)(H,22,25);2-5,8,11-12H,6-7H2,1H3,(H,18,20);6-8H,4-5H2,1-3H3,(H,15,18)(H,16,19);1H,(H,7,8). The Kier molecular flexibility index (Phi) is 21.9. The maximum atomic E-state index is 12.3. The summed E-state index contributed by atoms with van der Waals surface area (Å²) in [7, 11) is 3.20. The number of carbonyl (C=O) groups is 6. The molecule has 0 radical (unpaired) electrons. The van der Waals surface area contributed by atoms with Crippen LogP contribution in [0.2, 0.25) is 0 Å². The Morgan fingerprint density at radius 1 is 0.543 bits per heavy atom. The van der Waals surface area contributed by atoms with E-state index in [0.29, 0.717) is 37.5 Å². The first kappa shape index (κ1) is 62.3. The van der Waals surface area contributed by atoms with E-state index in [1.807, 2.05) is 77.9 Å². The van der Waals surface area contributed by atoms with Crippen molar-refractivity contribution in [2.45, 2.75) is 128 Å². The average Bonchev–Trinajstić information content (AvgIpc) is 4.23. The predicted molar refractivity (Wildman–Crippen MR) is 299 cm³/mol. The van der Waals surface area contributed by atoms with Gasteiger partial charge >= 0.3 is 18.2 Å². The van der Waals surface area contributed by atoms with Gasteiger partial charge in [0.1, 0.15) is 47.8 Å². The van der Waals surface area contributed by atoms with Gasteiger partial charge in [-0.2, -0.15) is 9.97 Å². The number of alkyl carbamates (subject to hydrolysis) is 2. The molecule has 28 heteroatoms. The highest BCUT2D eigenvalue weighted by Gasteiger charge is 2.35. The van der Waals surface area contributed by atoms with Crippen LogP contribution in [0, 0.1) is 0 Å². The minimum absolute atomic E-state index is 0.00711. The van der Waals surface area contributed by atoms with Crippen LogP contribution >= 0.6 is 44.1 Å². The Morgan fingerprint density at radius 3 is 1.19 bits per heavy atom. The van der Waals surface area contributed by atoms with E-state index in [9.17, 15) is 28.8 Å². The van der Waals surface area contributed by atoms with E-state index >= 15 is 0 Å². The fraction of sp³-hybridized carbons (Fsp3) is 0.415. The fourth-order valence-electron chi connectivity index (χ4n) is 7.51. The van der Waals surface area contributed by atoms with Gasteiger partial charge < -0.3 is 68.3 Å². The Morgan fingerprint density at radius 2 is 0.877 bits per heavy atom. The first-order valence-electron chi connectivity index (χ1n) is 25.0. The number of nitrogens with zero attached hydrogens (tertiary/aromatic N) is 5. The van der Waals surface area contributed by atoms with Crippen molar-refractivity contribution in [2.75, 3.05) is 14.2 Å². The van der Waals surface area contributed by atoms with Gasteiger partial charge in [-0.3, -0.25) is 14.4 Å². The van der Waals surface area contributed by atoms with Crippen LogP contribution in [-0.2, 0) is 9.47 Å². The maximum absolute atomic E-state index is 12.3. The average molecular weight is 1270 g/mol. The Hall–Kier alpha value is -7.94. The number of carbonyl (C=O) groups excluding carboxylic acids is 5. The molecule has 0 saturated heterocycles. The van der Waals surface area contributed by atoms with Gasteiger partial charge in [-0.25, -0.2) is 29.3 Å². The molecule has 3 fully saturated rings. The number of ether oxygens (including phenoxy) is 4. The SMILES string of the molecule is CC(C)(C)OC(=O)NC1CC(NC(=O)c2coc(Br)n2)C1.COc1ccc(-c2nc(C(=O)NC3CC(N=C=S)C3)co2)cc1.COc1ccc(-c2nc(C(=O)NC3CC(NC(=O)OC(C)(C)C)C3)co2)cc1.O=C(O)c1coc(Br)n1. The van der Waals surface area contributed by atoms with E-state index in [4.69, 9.17) is 37.3 Å². The van der Waals surface area contributed by atoms with E-state index in [0.717, 1.165) is 41.7 Å². The van der Waals surface area contributed by atoms with Gasteiger partial charge in [0.2, 0.25) is 11.8 Å². The van der Waals surface area contributed by atoms with E-state index in [1.54, 1.807) is 26.4 Å². The van der Waals surface area contributed by atoms with Crippen molar-refractivity contribution in [3.63, 3.8) is 0 Å². The number of nitrogens with one attached hydrogen (secondary N) is 5. The van der Waals surface area contributed by atoms with Crippen LogP contribution in [0.5, 0.6) is 11.5 Å². The lowest BCUT2D eigenvalue weighted by Gasteiger charge is -2.36. The van der Waals surface area contributed by atoms with Crippen LogP contribution in [0.3, 0.4) is 0 Å². The normalized spacial score (nSPS) is 18.5. The lowest BCUT2D eigenvalue weighted by Crippen LogP contribution is -2.54. The zero-order chi connectivity index (χ0) is 59.0. The molecule has 25 nitrogen and oxygen atoms in total. The third kappa shape index (κ3) is 20.0. The molecule has 6 aromatic rings. The molecule has 0 bridgehead atoms. The summed E-state index contributed by atoms with van der Waals surface area (Å²) in [5.74, 6) is 0.312. The lowest BCUT2D eigenvalue weighted by molar-refractivity contribution is 0.0450. The smallest absolute Gasteiger partial charge is 0.407 e. The Bertz CT molecular complexity index is 3140. The van der Waals surface area contributed by atoms with Crippen molar-refractivity contribution in [1.82, 2.24) is 46.5 Å². The van der Waals surface area contributed by atoms with Gasteiger partial charge in [0.15, 0.2) is 22.8 Å². The van der Waals surface area contributed by atoms with E-state index in [2.05, 4.69) is 105 Å². The molecule has 81 heavy (non-hydrogen) atoms. The zero-order valence-corrected chi connectivity index (χ0v) is 49.2. The van der Waals surface area contributed by atoms with Crippen LogP contribution < -0.4 is 36.1 Å². The molecule has 0 unspecified atom stereocenters. The van der Waals surface area contributed by atoms with Crippen molar-refractivity contribution in [2.24, 2.45) is 4.99 Å². The summed E-state index contributed by atoms with van der Waals surface area (Å²) >= 11 is 10.5. The number of isothiocyanates is 1. The molecule has 432 valence electrons. The minimum atomic E-state index is -1.09. The van der Waals surface area contributed by atoms with E-state index in [-0.39, 0.29) is 86.3 Å². The largest absolute Gasteiger partial charge is 0.497 e. The number of aromatic nitrogens is 4. The summed E-state index contributed by atoms with van der Waals surface area (Å²) in [6.45, 7) is 10.9. The molecular weight excluding hydrogens is 1210 g/mol. The third-order valence-electron chi connectivity index (χ3n) is 11.6. The van der Waals surface area contributed by atoms with E-state index in [1.165, 1.54) is 18.8 Å². The molecule has 3 aliphatic rings. The number of carboxylic acids is 1. The molecule has 0 atom stereocenters. The Balaban J connectivity index is 0.000000183. The lowest BCUT2D eigenvalue weighted by atomic mass is 9.87. The number of hydrogen-bond acceptors (Lipinski definition) is 20. The summed E-state index contributed by atoms with van der Waals surface area (Å²) in [5.41, 5.74) is 1.10. The molecule has 0 aliphatic heterocycles. The highest BCUT2D eigenvalue weighted by atomic mass is 79.9.